The number of rotatable bonds is 7. The number of pyridine rings is 1. The molecule has 1 fully saturated rings. The predicted molar refractivity (Wildman–Crippen MR) is 148 cm³/mol. The molecule has 1 amide bonds. The standard InChI is InChI=1S/C30H34N6O2/c1-3-35(4-2)28(37)23-12-14-27(15-13-23)34-29(33-22-31)36-19-16-25(17-20-36)30(38,24-9-6-5-7-10-24)26-11-8-18-32-21-26/h5-15,18,21,25,38H,3-4,16-17,19-20H2,1-2H3,(H,33,34). The van der Waals surface area contributed by atoms with Crippen molar-refractivity contribution in [2.45, 2.75) is 32.3 Å². The zero-order valence-electron chi connectivity index (χ0n) is 21.9. The number of benzene rings is 2. The number of nitrogens with zero attached hydrogens (tertiary/aromatic N) is 5. The average molecular weight is 511 g/mol. The second-order valence-corrected chi connectivity index (χ2v) is 9.35. The number of anilines is 1. The smallest absolute Gasteiger partial charge is 0.253 e. The number of carbonyl (C=O) groups excluding carboxylic acids is 1. The van der Waals surface area contributed by atoms with Gasteiger partial charge in [-0.2, -0.15) is 5.26 Å². The molecule has 2 heterocycles. The summed E-state index contributed by atoms with van der Waals surface area (Å²) in [5, 5.41) is 24.7. The SMILES string of the molecule is CCN(CC)C(=O)c1ccc(N/C(=N/C#N)N2CCC(C(O)(c3ccccc3)c3cccnc3)CC2)cc1. The highest BCUT2D eigenvalue weighted by atomic mass is 16.3. The first-order chi connectivity index (χ1) is 18.5. The number of aromatic nitrogens is 1. The number of piperidine rings is 1. The molecule has 1 aliphatic heterocycles. The van der Waals surface area contributed by atoms with Crippen LogP contribution in [0.3, 0.4) is 0 Å². The van der Waals surface area contributed by atoms with E-state index in [1.54, 1.807) is 29.4 Å². The molecule has 8 heteroatoms. The number of hydrogen-bond donors (Lipinski definition) is 2. The molecule has 1 aromatic heterocycles. The van der Waals surface area contributed by atoms with Crippen LogP contribution in [0.4, 0.5) is 5.69 Å². The minimum absolute atomic E-state index is 0.00550. The second kappa shape index (κ2) is 12.3. The number of carbonyl (C=O) groups is 1. The van der Waals surface area contributed by atoms with E-state index in [0.29, 0.717) is 50.5 Å². The fourth-order valence-corrected chi connectivity index (χ4v) is 5.17. The first kappa shape index (κ1) is 26.8. The van der Waals surface area contributed by atoms with Gasteiger partial charge in [0.2, 0.25) is 12.2 Å². The Balaban J connectivity index is 1.48. The van der Waals surface area contributed by atoms with Gasteiger partial charge in [0.05, 0.1) is 0 Å². The topological polar surface area (TPSA) is 105 Å². The van der Waals surface area contributed by atoms with Crippen LogP contribution in [0.1, 0.15) is 48.2 Å². The molecule has 0 aliphatic carbocycles. The van der Waals surface area contributed by atoms with Crippen LogP contribution >= 0.6 is 0 Å². The van der Waals surface area contributed by atoms with E-state index in [9.17, 15) is 15.2 Å². The van der Waals surface area contributed by atoms with Gasteiger partial charge in [0.15, 0.2) is 0 Å². The van der Waals surface area contributed by atoms with E-state index in [4.69, 9.17) is 0 Å². The van der Waals surface area contributed by atoms with E-state index in [2.05, 4.69) is 15.3 Å². The maximum absolute atomic E-state index is 12.6. The number of aliphatic imine (C=N–C) groups is 1. The van der Waals surface area contributed by atoms with Crippen LogP contribution in [0.25, 0.3) is 0 Å². The van der Waals surface area contributed by atoms with Gasteiger partial charge in [-0.3, -0.25) is 9.78 Å². The van der Waals surface area contributed by atoms with Crippen LogP contribution in [0.2, 0.25) is 0 Å². The lowest BCUT2D eigenvalue weighted by molar-refractivity contribution is -0.00680. The number of nitriles is 1. The van der Waals surface area contributed by atoms with Gasteiger partial charge in [-0.15, -0.1) is 4.99 Å². The fourth-order valence-electron chi connectivity index (χ4n) is 5.17. The van der Waals surface area contributed by atoms with Gasteiger partial charge < -0.3 is 20.2 Å². The molecule has 4 rings (SSSR count). The molecule has 0 radical (unpaired) electrons. The zero-order valence-corrected chi connectivity index (χ0v) is 21.9. The normalized spacial score (nSPS) is 15.8. The van der Waals surface area contributed by atoms with Crippen molar-refractivity contribution in [1.29, 1.82) is 5.26 Å². The Bertz CT molecular complexity index is 1220. The first-order valence-electron chi connectivity index (χ1n) is 13.1. The molecule has 0 spiro atoms. The van der Waals surface area contributed by atoms with E-state index >= 15 is 0 Å². The molecule has 1 atom stereocenters. The lowest BCUT2D eigenvalue weighted by Crippen LogP contribution is -2.47. The average Bonchev–Trinajstić information content (AvgIpc) is 2.98. The van der Waals surface area contributed by atoms with Gasteiger partial charge in [-0.1, -0.05) is 36.4 Å². The number of aliphatic hydroxyl groups is 1. The van der Waals surface area contributed by atoms with Crippen molar-refractivity contribution in [3.63, 3.8) is 0 Å². The minimum Gasteiger partial charge on any atom is -0.380 e. The number of guanidine groups is 1. The highest BCUT2D eigenvalue weighted by molar-refractivity contribution is 5.97. The molecule has 2 aromatic carbocycles. The third-order valence-corrected chi connectivity index (χ3v) is 7.30. The predicted octanol–water partition coefficient (Wildman–Crippen LogP) is 4.46. The minimum atomic E-state index is -1.17. The van der Waals surface area contributed by atoms with Crippen molar-refractivity contribution in [2.75, 3.05) is 31.5 Å². The molecule has 1 saturated heterocycles. The van der Waals surface area contributed by atoms with Crippen molar-refractivity contribution >= 4 is 17.6 Å². The Morgan fingerprint density at radius 1 is 1.08 bits per heavy atom. The van der Waals surface area contributed by atoms with Crippen LogP contribution in [0.5, 0.6) is 0 Å². The van der Waals surface area contributed by atoms with Gasteiger partial charge in [-0.05, 0) is 68.5 Å². The van der Waals surface area contributed by atoms with E-state index in [0.717, 1.165) is 16.8 Å². The van der Waals surface area contributed by atoms with E-state index in [1.807, 2.05) is 79.5 Å². The molecule has 38 heavy (non-hydrogen) atoms. The van der Waals surface area contributed by atoms with Crippen molar-refractivity contribution in [2.24, 2.45) is 10.9 Å². The molecule has 1 aliphatic rings. The summed E-state index contributed by atoms with van der Waals surface area (Å²) in [7, 11) is 0. The molecule has 1 unspecified atom stereocenters. The van der Waals surface area contributed by atoms with Crippen molar-refractivity contribution in [3.05, 3.63) is 95.8 Å². The number of nitrogens with one attached hydrogen (secondary N) is 1. The highest BCUT2D eigenvalue weighted by Crippen LogP contribution is 2.41. The van der Waals surface area contributed by atoms with Crippen molar-refractivity contribution < 1.29 is 9.90 Å². The number of likely N-dealkylation sites (tertiary alicyclic amines) is 1. The van der Waals surface area contributed by atoms with Gasteiger partial charge in [0.25, 0.3) is 5.91 Å². The summed E-state index contributed by atoms with van der Waals surface area (Å²) in [4.78, 5) is 24.7. The summed E-state index contributed by atoms with van der Waals surface area (Å²) in [6, 6.07) is 20.7. The summed E-state index contributed by atoms with van der Waals surface area (Å²) in [6.45, 7) is 6.47. The Kier molecular flexibility index (Phi) is 8.72. The lowest BCUT2D eigenvalue weighted by Gasteiger charge is -2.42. The van der Waals surface area contributed by atoms with Crippen LogP contribution in [-0.2, 0) is 5.60 Å². The number of amides is 1. The van der Waals surface area contributed by atoms with Gasteiger partial charge >= 0.3 is 0 Å². The van der Waals surface area contributed by atoms with E-state index in [1.165, 1.54) is 0 Å². The Hall–Kier alpha value is -4.22. The Morgan fingerprint density at radius 3 is 2.32 bits per heavy atom. The summed E-state index contributed by atoms with van der Waals surface area (Å²) in [5.41, 5.74) is 1.81. The highest BCUT2D eigenvalue weighted by Gasteiger charge is 2.42. The monoisotopic (exact) mass is 510 g/mol. The van der Waals surface area contributed by atoms with Crippen LogP contribution in [0, 0.1) is 17.4 Å². The molecule has 0 bridgehead atoms. The van der Waals surface area contributed by atoms with Crippen molar-refractivity contribution in [3.8, 4) is 6.19 Å². The molecular weight excluding hydrogens is 476 g/mol. The van der Waals surface area contributed by atoms with Crippen LogP contribution in [0.15, 0.2) is 84.1 Å². The molecule has 8 nitrogen and oxygen atoms in total. The summed E-state index contributed by atoms with van der Waals surface area (Å²) in [6.07, 6.45) is 6.74. The molecule has 3 aromatic rings. The molecular formula is C30H34N6O2. The fraction of sp³-hybridized carbons (Fsp3) is 0.333. The third-order valence-electron chi connectivity index (χ3n) is 7.30. The Labute approximate surface area is 224 Å². The van der Waals surface area contributed by atoms with Gasteiger partial charge in [0, 0.05) is 55.4 Å². The van der Waals surface area contributed by atoms with E-state index < -0.39 is 5.60 Å². The zero-order chi connectivity index (χ0) is 27.0. The van der Waals surface area contributed by atoms with Crippen LogP contribution in [-0.4, -0.2) is 57.9 Å². The van der Waals surface area contributed by atoms with Crippen LogP contribution < -0.4 is 5.32 Å². The maximum Gasteiger partial charge on any atom is 0.253 e. The summed E-state index contributed by atoms with van der Waals surface area (Å²) < 4.78 is 0. The summed E-state index contributed by atoms with van der Waals surface area (Å²) >= 11 is 0. The van der Waals surface area contributed by atoms with Gasteiger partial charge in [0.1, 0.15) is 5.60 Å². The molecule has 0 saturated carbocycles. The third kappa shape index (κ3) is 5.68. The van der Waals surface area contributed by atoms with Crippen molar-refractivity contribution in [1.82, 2.24) is 14.8 Å². The molecule has 196 valence electrons. The largest absolute Gasteiger partial charge is 0.380 e. The lowest BCUT2D eigenvalue weighted by atomic mass is 9.72. The molecule has 2 N–H and O–H groups in total. The quantitative estimate of drug-likeness (QED) is 0.276. The number of hydrogen-bond acceptors (Lipinski definition) is 5. The van der Waals surface area contributed by atoms with E-state index in [-0.39, 0.29) is 11.8 Å². The summed E-state index contributed by atoms with van der Waals surface area (Å²) in [5.74, 6) is 0.409. The second-order valence-electron chi connectivity index (χ2n) is 9.35. The Morgan fingerprint density at radius 2 is 1.74 bits per heavy atom. The first-order valence-corrected chi connectivity index (χ1v) is 13.1. The van der Waals surface area contributed by atoms with Gasteiger partial charge in [-0.25, -0.2) is 0 Å². The maximum atomic E-state index is 12.6.